The summed E-state index contributed by atoms with van der Waals surface area (Å²) in [5, 5.41) is 7.95. The third kappa shape index (κ3) is 3.98. The molecule has 0 spiro atoms. The van der Waals surface area contributed by atoms with Gasteiger partial charge >= 0.3 is 0 Å². The number of hydrogen-bond acceptors (Lipinski definition) is 4. The normalized spacial score (nSPS) is 23.3. The average molecular weight is 497 g/mol. The van der Waals surface area contributed by atoms with Crippen LogP contribution in [0.1, 0.15) is 59.6 Å². The quantitative estimate of drug-likeness (QED) is 0.479. The predicted molar refractivity (Wildman–Crippen MR) is 133 cm³/mol. The van der Waals surface area contributed by atoms with Crippen molar-refractivity contribution in [3.8, 4) is 5.69 Å². The maximum absolute atomic E-state index is 13.5. The lowest BCUT2D eigenvalue weighted by molar-refractivity contribution is 0.0807. The Morgan fingerprint density at radius 3 is 2.68 bits per heavy atom. The number of fused-ring (bicyclic) bond motifs is 2. The Morgan fingerprint density at radius 1 is 1.12 bits per heavy atom. The Kier molecular flexibility index (Phi) is 5.76. The molecule has 6 rings (SSSR count). The molecule has 8 heteroatoms. The van der Waals surface area contributed by atoms with Crippen molar-refractivity contribution in [1.29, 1.82) is 0 Å². The summed E-state index contributed by atoms with van der Waals surface area (Å²) in [6.45, 7) is 1.85. The molecule has 2 unspecified atom stereocenters. The summed E-state index contributed by atoms with van der Waals surface area (Å²) in [6, 6.07) is 9.13. The highest BCUT2D eigenvalue weighted by Gasteiger charge is 2.37. The SMILES string of the molecule is O=C(NN1CC2CCCC2C1)c1nn(-c2ccc(Cl)cc2Cl)c2c1CCCC2=Cc1ccco1. The van der Waals surface area contributed by atoms with Gasteiger partial charge in [0.25, 0.3) is 5.91 Å². The number of carbonyl (C=O) groups excluding carboxylic acids is 1. The third-order valence-corrected chi connectivity index (χ3v) is 7.90. The van der Waals surface area contributed by atoms with E-state index >= 15 is 0 Å². The molecule has 3 aliphatic rings. The number of nitrogens with zero attached hydrogens (tertiary/aromatic N) is 3. The first-order chi connectivity index (χ1) is 16.6. The van der Waals surface area contributed by atoms with E-state index in [4.69, 9.17) is 32.7 Å². The summed E-state index contributed by atoms with van der Waals surface area (Å²) in [5.41, 5.74) is 7.25. The Morgan fingerprint density at radius 2 is 1.94 bits per heavy atom. The molecular formula is C26H26Cl2N4O2. The van der Waals surface area contributed by atoms with Gasteiger partial charge in [-0.15, -0.1) is 0 Å². The van der Waals surface area contributed by atoms with E-state index in [-0.39, 0.29) is 5.91 Å². The Hall–Kier alpha value is -2.54. The fraction of sp³-hybridized carbons (Fsp3) is 0.385. The van der Waals surface area contributed by atoms with Crippen LogP contribution in [0.2, 0.25) is 10.0 Å². The van der Waals surface area contributed by atoms with E-state index in [1.807, 2.05) is 24.3 Å². The van der Waals surface area contributed by atoms with Gasteiger partial charge in [0, 0.05) is 23.7 Å². The number of benzene rings is 1. The van der Waals surface area contributed by atoms with Gasteiger partial charge in [-0.1, -0.05) is 29.6 Å². The molecule has 1 amide bonds. The molecule has 1 saturated carbocycles. The van der Waals surface area contributed by atoms with Gasteiger partial charge in [-0.2, -0.15) is 5.10 Å². The number of hydrazine groups is 1. The van der Waals surface area contributed by atoms with Gasteiger partial charge in [-0.25, -0.2) is 9.69 Å². The number of hydrogen-bond donors (Lipinski definition) is 1. The fourth-order valence-corrected chi connectivity index (χ4v) is 6.30. The maximum Gasteiger partial charge on any atom is 0.286 e. The molecule has 2 fully saturated rings. The molecule has 2 atom stereocenters. The van der Waals surface area contributed by atoms with Gasteiger partial charge < -0.3 is 4.42 Å². The van der Waals surface area contributed by atoms with Crippen LogP contribution in [0.5, 0.6) is 0 Å². The van der Waals surface area contributed by atoms with Crippen LogP contribution in [0, 0.1) is 11.8 Å². The highest BCUT2D eigenvalue weighted by Crippen LogP contribution is 2.39. The zero-order chi connectivity index (χ0) is 23.2. The predicted octanol–water partition coefficient (Wildman–Crippen LogP) is 6.03. The molecule has 6 nitrogen and oxygen atoms in total. The molecule has 1 aliphatic heterocycles. The smallest absolute Gasteiger partial charge is 0.286 e. The highest BCUT2D eigenvalue weighted by molar-refractivity contribution is 6.35. The van der Waals surface area contributed by atoms with Crippen molar-refractivity contribution >= 4 is 40.8 Å². The van der Waals surface area contributed by atoms with Crippen LogP contribution in [0.3, 0.4) is 0 Å². The van der Waals surface area contributed by atoms with E-state index in [2.05, 4.69) is 10.4 Å². The van der Waals surface area contributed by atoms with Crippen molar-refractivity contribution in [3.63, 3.8) is 0 Å². The summed E-state index contributed by atoms with van der Waals surface area (Å²) >= 11 is 12.7. The van der Waals surface area contributed by atoms with Gasteiger partial charge in [0.1, 0.15) is 5.76 Å². The molecule has 0 bridgehead atoms. The second-order valence-electron chi connectivity index (χ2n) is 9.52. The molecule has 0 radical (unpaired) electrons. The first-order valence-corrected chi connectivity index (χ1v) is 12.7. The average Bonchev–Trinajstić information content (AvgIpc) is 3.58. The van der Waals surface area contributed by atoms with Crippen LogP contribution in [0.15, 0.2) is 41.0 Å². The van der Waals surface area contributed by atoms with Crippen molar-refractivity contribution in [1.82, 2.24) is 20.2 Å². The van der Waals surface area contributed by atoms with Crippen LogP contribution >= 0.6 is 23.2 Å². The van der Waals surface area contributed by atoms with Crippen LogP contribution < -0.4 is 5.43 Å². The minimum absolute atomic E-state index is 0.153. The van der Waals surface area contributed by atoms with Crippen molar-refractivity contribution in [3.05, 3.63) is 69.4 Å². The van der Waals surface area contributed by atoms with E-state index in [0.29, 0.717) is 33.3 Å². The summed E-state index contributed by atoms with van der Waals surface area (Å²) in [6.07, 6.45) is 10.1. The van der Waals surface area contributed by atoms with Crippen molar-refractivity contribution in [2.45, 2.75) is 38.5 Å². The number of nitrogens with one attached hydrogen (secondary N) is 1. The highest BCUT2D eigenvalue weighted by atomic mass is 35.5. The standard InChI is InChI=1S/C26H26Cl2N4O2/c27-19-9-10-23(22(28)13-19)32-25-16(12-20-7-3-11-34-20)4-2-8-21(25)24(29-32)26(33)30-31-14-17-5-1-6-18(17)15-31/h3,7,9-13,17-18H,1-2,4-6,8,14-15H2,(H,30,33). The number of halogens is 2. The number of amides is 1. The molecular weight excluding hydrogens is 471 g/mol. The largest absolute Gasteiger partial charge is 0.465 e. The zero-order valence-corrected chi connectivity index (χ0v) is 20.3. The summed E-state index contributed by atoms with van der Waals surface area (Å²) in [7, 11) is 0. The number of aromatic nitrogens is 2. The molecule has 3 aromatic rings. The molecule has 3 heterocycles. The summed E-state index contributed by atoms with van der Waals surface area (Å²) < 4.78 is 7.38. The monoisotopic (exact) mass is 496 g/mol. The van der Waals surface area contributed by atoms with Gasteiger partial charge in [-0.05, 0) is 85.9 Å². The van der Waals surface area contributed by atoms with Crippen LogP contribution in [0.25, 0.3) is 17.3 Å². The summed E-state index contributed by atoms with van der Waals surface area (Å²) in [5.74, 6) is 2.01. The summed E-state index contributed by atoms with van der Waals surface area (Å²) in [4.78, 5) is 13.5. The van der Waals surface area contributed by atoms with E-state index < -0.39 is 0 Å². The molecule has 1 saturated heterocycles. The molecule has 1 aromatic carbocycles. The lowest BCUT2D eigenvalue weighted by atomic mass is 9.90. The molecule has 2 aromatic heterocycles. The topological polar surface area (TPSA) is 63.3 Å². The zero-order valence-electron chi connectivity index (χ0n) is 18.8. The van der Waals surface area contributed by atoms with E-state index in [0.717, 1.165) is 54.9 Å². The van der Waals surface area contributed by atoms with E-state index in [1.165, 1.54) is 19.3 Å². The molecule has 1 N–H and O–H groups in total. The Bertz CT molecular complexity index is 1250. The lowest BCUT2D eigenvalue weighted by Gasteiger charge is -2.19. The van der Waals surface area contributed by atoms with Crippen molar-refractivity contribution < 1.29 is 9.21 Å². The number of carbonyl (C=O) groups is 1. The van der Waals surface area contributed by atoms with E-state index in [9.17, 15) is 4.79 Å². The number of rotatable bonds is 4. The van der Waals surface area contributed by atoms with Crippen molar-refractivity contribution in [2.75, 3.05) is 13.1 Å². The first kappa shape index (κ1) is 22.0. The third-order valence-electron chi connectivity index (χ3n) is 7.36. The molecule has 2 aliphatic carbocycles. The number of furan rings is 1. The van der Waals surface area contributed by atoms with E-state index in [1.54, 1.807) is 23.1 Å². The maximum atomic E-state index is 13.5. The first-order valence-electron chi connectivity index (χ1n) is 11.9. The molecule has 176 valence electrons. The Labute approximate surface area is 208 Å². The minimum Gasteiger partial charge on any atom is -0.465 e. The van der Waals surface area contributed by atoms with Crippen LogP contribution in [-0.4, -0.2) is 33.8 Å². The fourth-order valence-electron chi connectivity index (χ4n) is 5.81. The minimum atomic E-state index is -0.153. The van der Waals surface area contributed by atoms with Gasteiger partial charge in [0.2, 0.25) is 0 Å². The second kappa shape index (κ2) is 8.91. The Balaban J connectivity index is 1.41. The number of allylic oxidation sites excluding steroid dienone is 1. The van der Waals surface area contributed by atoms with Gasteiger partial charge in [0.05, 0.1) is 22.7 Å². The van der Waals surface area contributed by atoms with Crippen LogP contribution in [0.4, 0.5) is 0 Å². The van der Waals surface area contributed by atoms with Crippen LogP contribution in [-0.2, 0) is 6.42 Å². The van der Waals surface area contributed by atoms with Crippen molar-refractivity contribution in [2.24, 2.45) is 11.8 Å². The lowest BCUT2D eigenvalue weighted by Crippen LogP contribution is -2.41. The van der Waals surface area contributed by atoms with Gasteiger partial charge in [0.15, 0.2) is 5.69 Å². The van der Waals surface area contributed by atoms with Gasteiger partial charge in [-0.3, -0.25) is 10.2 Å². The molecule has 34 heavy (non-hydrogen) atoms. The second-order valence-corrected chi connectivity index (χ2v) is 10.4.